The number of amides is 3. The minimum Gasteiger partial charge on any atom is -0.473 e. The van der Waals surface area contributed by atoms with Gasteiger partial charge in [-0.05, 0) is 30.3 Å². The molecule has 0 saturated heterocycles. The SMILES string of the molecule is CC(=O)Nc1cccc(NC(=O)NCOc2ccccc2)c1. The smallest absolute Gasteiger partial charge is 0.321 e. The van der Waals surface area contributed by atoms with Gasteiger partial charge in [0.25, 0.3) is 0 Å². The predicted molar refractivity (Wildman–Crippen MR) is 84.8 cm³/mol. The minimum atomic E-state index is -0.393. The van der Waals surface area contributed by atoms with E-state index in [1.807, 2.05) is 18.2 Å². The van der Waals surface area contributed by atoms with Gasteiger partial charge in [-0.2, -0.15) is 0 Å². The summed E-state index contributed by atoms with van der Waals surface area (Å²) in [6.07, 6.45) is 0. The standard InChI is InChI=1S/C16H17N3O3/c1-12(20)18-13-6-5-7-14(10-13)19-16(21)17-11-22-15-8-3-2-4-9-15/h2-10H,11H2,1H3,(H,18,20)(H2,17,19,21). The minimum absolute atomic E-state index is 0.0568. The maximum atomic E-state index is 11.7. The summed E-state index contributed by atoms with van der Waals surface area (Å²) in [7, 11) is 0. The second-order valence-electron chi connectivity index (χ2n) is 4.49. The van der Waals surface area contributed by atoms with Crippen LogP contribution in [-0.4, -0.2) is 18.7 Å². The second-order valence-corrected chi connectivity index (χ2v) is 4.49. The zero-order valence-corrected chi connectivity index (χ0v) is 12.1. The lowest BCUT2D eigenvalue weighted by molar-refractivity contribution is -0.114. The molecule has 0 spiro atoms. The van der Waals surface area contributed by atoms with Crippen LogP contribution in [0.1, 0.15) is 6.92 Å². The Labute approximate surface area is 128 Å². The van der Waals surface area contributed by atoms with Crippen LogP contribution < -0.4 is 20.7 Å². The van der Waals surface area contributed by atoms with Crippen LogP contribution in [0.15, 0.2) is 54.6 Å². The molecule has 0 radical (unpaired) electrons. The highest BCUT2D eigenvalue weighted by Crippen LogP contribution is 2.14. The van der Waals surface area contributed by atoms with Crippen LogP contribution in [-0.2, 0) is 4.79 Å². The number of benzene rings is 2. The molecule has 0 aliphatic carbocycles. The Morgan fingerprint density at radius 3 is 2.32 bits per heavy atom. The Morgan fingerprint density at radius 1 is 0.955 bits per heavy atom. The molecule has 6 nitrogen and oxygen atoms in total. The van der Waals surface area contributed by atoms with Crippen molar-refractivity contribution >= 4 is 23.3 Å². The van der Waals surface area contributed by atoms with Gasteiger partial charge >= 0.3 is 6.03 Å². The maximum Gasteiger partial charge on any atom is 0.321 e. The predicted octanol–water partition coefficient (Wildman–Crippen LogP) is 2.80. The highest BCUT2D eigenvalue weighted by atomic mass is 16.5. The molecule has 114 valence electrons. The lowest BCUT2D eigenvalue weighted by Gasteiger charge is -2.10. The van der Waals surface area contributed by atoms with Crippen LogP contribution in [0.5, 0.6) is 5.75 Å². The molecular formula is C16H17N3O3. The summed E-state index contributed by atoms with van der Waals surface area (Å²) in [6, 6.07) is 15.7. The van der Waals surface area contributed by atoms with Gasteiger partial charge in [0, 0.05) is 18.3 Å². The summed E-state index contributed by atoms with van der Waals surface area (Å²) < 4.78 is 5.36. The third-order valence-electron chi connectivity index (χ3n) is 2.66. The fourth-order valence-electron chi connectivity index (χ4n) is 1.75. The van der Waals surface area contributed by atoms with Gasteiger partial charge in [-0.3, -0.25) is 4.79 Å². The van der Waals surface area contributed by atoms with Crippen molar-refractivity contribution in [2.45, 2.75) is 6.92 Å². The van der Waals surface area contributed by atoms with Gasteiger partial charge in [-0.15, -0.1) is 0 Å². The first-order valence-electron chi connectivity index (χ1n) is 6.74. The van der Waals surface area contributed by atoms with Gasteiger partial charge in [0.2, 0.25) is 5.91 Å². The molecule has 6 heteroatoms. The average Bonchev–Trinajstić information content (AvgIpc) is 2.48. The van der Waals surface area contributed by atoms with E-state index in [2.05, 4.69) is 16.0 Å². The van der Waals surface area contributed by atoms with Crippen molar-refractivity contribution in [3.05, 3.63) is 54.6 Å². The van der Waals surface area contributed by atoms with Crippen molar-refractivity contribution in [2.24, 2.45) is 0 Å². The number of nitrogens with one attached hydrogen (secondary N) is 3. The molecule has 3 N–H and O–H groups in total. The van der Waals surface area contributed by atoms with Crippen LogP contribution in [0.25, 0.3) is 0 Å². The molecule has 2 aromatic rings. The maximum absolute atomic E-state index is 11.7. The molecule has 2 aromatic carbocycles. The highest BCUT2D eigenvalue weighted by molar-refractivity contribution is 5.92. The summed E-state index contributed by atoms with van der Waals surface area (Å²) >= 11 is 0. The number of anilines is 2. The Hall–Kier alpha value is -3.02. The Morgan fingerprint density at radius 2 is 1.64 bits per heavy atom. The summed E-state index contributed by atoms with van der Waals surface area (Å²) in [4.78, 5) is 22.7. The first-order chi connectivity index (χ1) is 10.6. The Bertz CT molecular complexity index is 644. The fourth-order valence-corrected chi connectivity index (χ4v) is 1.75. The number of carbonyl (C=O) groups excluding carboxylic acids is 2. The summed E-state index contributed by atoms with van der Waals surface area (Å²) in [5.74, 6) is 0.508. The molecule has 2 rings (SSSR count). The second kappa shape index (κ2) is 7.68. The van der Waals surface area contributed by atoms with Crippen LogP contribution in [0.3, 0.4) is 0 Å². The monoisotopic (exact) mass is 299 g/mol. The molecule has 0 atom stereocenters. The third kappa shape index (κ3) is 5.16. The van der Waals surface area contributed by atoms with Crippen LogP contribution in [0.2, 0.25) is 0 Å². The van der Waals surface area contributed by atoms with E-state index in [0.717, 1.165) is 0 Å². The number of urea groups is 1. The van der Waals surface area contributed by atoms with E-state index in [0.29, 0.717) is 17.1 Å². The van der Waals surface area contributed by atoms with Crippen molar-refractivity contribution in [3.63, 3.8) is 0 Å². The van der Waals surface area contributed by atoms with Gasteiger partial charge < -0.3 is 20.7 Å². The highest BCUT2D eigenvalue weighted by Gasteiger charge is 2.03. The van der Waals surface area contributed by atoms with Crippen molar-refractivity contribution in [2.75, 3.05) is 17.4 Å². The van der Waals surface area contributed by atoms with Crippen molar-refractivity contribution < 1.29 is 14.3 Å². The van der Waals surface area contributed by atoms with Crippen LogP contribution in [0, 0.1) is 0 Å². The number of ether oxygens (including phenoxy) is 1. The molecule has 0 bridgehead atoms. The molecule has 0 aromatic heterocycles. The molecule has 0 heterocycles. The average molecular weight is 299 g/mol. The lowest BCUT2D eigenvalue weighted by atomic mass is 10.3. The number of hydrogen-bond acceptors (Lipinski definition) is 3. The zero-order valence-electron chi connectivity index (χ0n) is 12.1. The van der Waals surface area contributed by atoms with Crippen molar-refractivity contribution in [1.82, 2.24) is 5.32 Å². The summed E-state index contributed by atoms with van der Waals surface area (Å²) in [6.45, 7) is 1.48. The molecular weight excluding hydrogens is 282 g/mol. The normalized spacial score (nSPS) is 9.68. The Balaban J connectivity index is 1.80. The van der Waals surface area contributed by atoms with E-state index in [4.69, 9.17) is 4.74 Å². The van der Waals surface area contributed by atoms with E-state index in [-0.39, 0.29) is 12.6 Å². The molecule has 0 unspecified atom stereocenters. The van der Waals surface area contributed by atoms with E-state index in [9.17, 15) is 9.59 Å². The first kappa shape index (κ1) is 15.4. The van der Waals surface area contributed by atoms with E-state index in [1.165, 1.54) is 6.92 Å². The molecule has 3 amide bonds. The molecule has 0 aliphatic rings. The van der Waals surface area contributed by atoms with Gasteiger partial charge in [0.1, 0.15) is 5.75 Å². The van der Waals surface area contributed by atoms with Crippen molar-refractivity contribution in [1.29, 1.82) is 0 Å². The Kier molecular flexibility index (Phi) is 5.37. The zero-order chi connectivity index (χ0) is 15.8. The number of rotatable bonds is 5. The van der Waals surface area contributed by atoms with Gasteiger partial charge in [-0.25, -0.2) is 4.79 Å². The third-order valence-corrected chi connectivity index (χ3v) is 2.66. The van der Waals surface area contributed by atoms with Gasteiger partial charge in [0.15, 0.2) is 6.73 Å². The van der Waals surface area contributed by atoms with Crippen LogP contribution >= 0.6 is 0 Å². The number of para-hydroxylation sites is 1. The summed E-state index contributed by atoms with van der Waals surface area (Å²) in [5, 5.41) is 7.89. The topological polar surface area (TPSA) is 79.5 Å². The largest absolute Gasteiger partial charge is 0.473 e. The van der Waals surface area contributed by atoms with E-state index in [1.54, 1.807) is 36.4 Å². The van der Waals surface area contributed by atoms with Gasteiger partial charge in [0.05, 0.1) is 0 Å². The van der Waals surface area contributed by atoms with Crippen LogP contribution in [0.4, 0.5) is 16.2 Å². The van der Waals surface area contributed by atoms with Crippen molar-refractivity contribution in [3.8, 4) is 5.75 Å². The quantitative estimate of drug-likeness (QED) is 0.743. The van der Waals surface area contributed by atoms with E-state index < -0.39 is 6.03 Å². The van der Waals surface area contributed by atoms with Gasteiger partial charge in [-0.1, -0.05) is 24.3 Å². The molecule has 0 saturated carbocycles. The first-order valence-corrected chi connectivity index (χ1v) is 6.74. The number of hydrogen-bond donors (Lipinski definition) is 3. The fraction of sp³-hybridized carbons (Fsp3) is 0.125. The molecule has 0 aliphatic heterocycles. The molecule has 22 heavy (non-hydrogen) atoms. The van der Waals surface area contributed by atoms with E-state index >= 15 is 0 Å². The molecule has 0 fully saturated rings. The lowest BCUT2D eigenvalue weighted by Crippen LogP contribution is -2.32. The summed E-state index contributed by atoms with van der Waals surface area (Å²) in [5.41, 5.74) is 1.19. The number of carbonyl (C=O) groups is 2.